The molecule has 0 saturated carbocycles. The van der Waals surface area contributed by atoms with Gasteiger partial charge in [-0.2, -0.15) is 0 Å². The summed E-state index contributed by atoms with van der Waals surface area (Å²) in [4.78, 5) is 0. The fourth-order valence-corrected chi connectivity index (χ4v) is 2.35. The molecular formula is C14H18F2O2. The Morgan fingerprint density at radius 3 is 2.61 bits per heavy atom. The van der Waals surface area contributed by atoms with Gasteiger partial charge in [0.05, 0.1) is 17.8 Å². The van der Waals surface area contributed by atoms with Crippen molar-refractivity contribution >= 4 is 0 Å². The van der Waals surface area contributed by atoms with Crippen molar-refractivity contribution in [3.8, 4) is 0 Å². The molecule has 0 spiro atoms. The summed E-state index contributed by atoms with van der Waals surface area (Å²) in [6, 6.07) is 3.63. The first-order chi connectivity index (χ1) is 8.68. The molecule has 0 aromatic heterocycles. The van der Waals surface area contributed by atoms with Crippen LogP contribution in [0.3, 0.4) is 0 Å². The van der Waals surface area contributed by atoms with Crippen LogP contribution >= 0.6 is 0 Å². The van der Waals surface area contributed by atoms with Gasteiger partial charge in [0, 0.05) is 6.61 Å². The van der Waals surface area contributed by atoms with Crippen LogP contribution in [0.15, 0.2) is 18.2 Å². The summed E-state index contributed by atoms with van der Waals surface area (Å²) < 4.78 is 32.4. The quantitative estimate of drug-likeness (QED) is 0.895. The van der Waals surface area contributed by atoms with E-state index in [4.69, 9.17) is 4.74 Å². The molecule has 2 unspecified atom stereocenters. The van der Waals surface area contributed by atoms with Gasteiger partial charge < -0.3 is 9.84 Å². The van der Waals surface area contributed by atoms with Gasteiger partial charge in [0.2, 0.25) is 0 Å². The van der Waals surface area contributed by atoms with Crippen LogP contribution in [0.25, 0.3) is 0 Å². The lowest BCUT2D eigenvalue weighted by Crippen LogP contribution is -2.20. The molecule has 0 bridgehead atoms. The minimum atomic E-state index is -1.10. The second kappa shape index (κ2) is 6.25. The first-order valence-corrected chi connectivity index (χ1v) is 6.42. The third-order valence-corrected chi connectivity index (χ3v) is 3.37. The average Bonchev–Trinajstić information content (AvgIpc) is 2.37. The fraction of sp³-hybridized carbons (Fsp3) is 0.571. The van der Waals surface area contributed by atoms with Crippen LogP contribution in [0.2, 0.25) is 0 Å². The molecular weight excluding hydrogens is 238 g/mol. The molecule has 4 heteroatoms. The molecule has 1 aromatic rings. The zero-order chi connectivity index (χ0) is 13.0. The van der Waals surface area contributed by atoms with Crippen molar-refractivity contribution in [2.24, 2.45) is 0 Å². The fourth-order valence-electron chi connectivity index (χ4n) is 2.35. The monoisotopic (exact) mass is 256 g/mol. The van der Waals surface area contributed by atoms with E-state index in [1.165, 1.54) is 18.2 Å². The van der Waals surface area contributed by atoms with Gasteiger partial charge in [0.1, 0.15) is 11.6 Å². The number of aliphatic hydroxyl groups excluding tert-OH is 1. The lowest BCUT2D eigenvalue weighted by molar-refractivity contribution is 0.00165. The number of aliphatic hydroxyl groups is 1. The average molecular weight is 256 g/mol. The predicted octanol–water partition coefficient (Wildman–Crippen LogP) is 3.35. The zero-order valence-corrected chi connectivity index (χ0v) is 10.2. The molecule has 1 aromatic carbocycles. The smallest absolute Gasteiger partial charge is 0.131 e. The molecule has 0 radical (unpaired) electrons. The second-order valence-electron chi connectivity index (χ2n) is 4.72. The molecule has 0 aliphatic carbocycles. The summed E-state index contributed by atoms with van der Waals surface area (Å²) >= 11 is 0. The first-order valence-electron chi connectivity index (χ1n) is 6.42. The third-order valence-electron chi connectivity index (χ3n) is 3.37. The van der Waals surface area contributed by atoms with Gasteiger partial charge in [-0.25, -0.2) is 8.78 Å². The van der Waals surface area contributed by atoms with Crippen LogP contribution in [0.5, 0.6) is 0 Å². The Labute approximate surface area is 106 Å². The molecule has 1 N–H and O–H groups in total. The molecule has 1 saturated heterocycles. The molecule has 1 heterocycles. The van der Waals surface area contributed by atoms with Crippen LogP contribution in [0.1, 0.15) is 43.8 Å². The van der Waals surface area contributed by atoms with Gasteiger partial charge in [-0.15, -0.1) is 0 Å². The minimum absolute atomic E-state index is 0.114. The van der Waals surface area contributed by atoms with Crippen molar-refractivity contribution in [2.75, 3.05) is 6.61 Å². The molecule has 18 heavy (non-hydrogen) atoms. The highest BCUT2D eigenvalue weighted by Crippen LogP contribution is 2.27. The number of benzene rings is 1. The topological polar surface area (TPSA) is 29.5 Å². The third kappa shape index (κ3) is 3.27. The standard InChI is InChI=1S/C14H18F2O2/c15-11-5-3-6-12(16)14(11)13(17)8-7-10-4-1-2-9-18-10/h3,5-6,10,13,17H,1-2,4,7-9H2. The number of hydrogen-bond donors (Lipinski definition) is 1. The Bertz CT molecular complexity index is 369. The molecule has 2 nitrogen and oxygen atoms in total. The highest BCUT2D eigenvalue weighted by molar-refractivity contribution is 5.21. The van der Waals surface area contributed by atoms with Crippen LogP contribution in [-0.4, -0.2) is 17.8 Å². The Hall–Kier alpha value is -1.00. The number of ether oxygens (including phenoxy) is 1. The molecule has 1 fully saturated rings. The molecule has 1 aliphatic heterocycles. The van der Waals surface area contributed by atoms with Crippen LogP contribution in [0, 0.1) is 11.6 Å². The van der Waals surface area contributed by atoms with Crippen LogP contribution in [-0.2, 0) is 4.74 Å². The van der Waals surface area contributed by atoms with Crippen LogP contribution < -0.4 is 0 Å². The highest BCUT2D eigenvalue weighted by atomic mass is 19.1. The number of hydrogen-bond acceptors (Lipinski definition) is 2. The lowest BCUT2D eigenvalue weighted by Gasteiger charge is -2.23. The largest absolute Gasteiger partial charge is 0.388 e. The van der Waals surface area contributed by atoms with E-state index >= 15 is 0 Å². The molecule has 2 atom stereocenters. The van der Waals surface area contributed by atoms with Crippen molar-refractivity contribution in [1.29, 1.82) is 0 Å². The molecule has 1 aliphatic rings. The van der Waals surface area contributed by atoms with Gasteiger partial charge in [-0.3, -0.25) is 0 Å². The van der Waals surface area contributed by atoms with E-state index in [2.05, 4.69) is 0 Å². The van der Waals surface area contributed by atoms with Crippen molar-refractivity contribution < 1.29 is 18.6 Å². The maximum atomic E-state index is 13.4. The van der Waals surface area contributed by atoms with E-state index < -0.39 is 17.7 Å². The summed E-state index contributed by atoms with van der Waals surface area (Å²) in [7, 11) is 0. The maximum absolute atomic E-state index is 13.4. The summed E-state index contributed by atoms with van der Waals surface area (Å²) in [6.07, 6.45) is 3.12. The van der Waals surface area contributed by atoms with Gasteiger partial charge in [-0.1, -0.05) is 6.07 Å². The molecule has 100 valence electrons. The van der Waals surface area contributed by atoms with Crippen molar-refractivity contribution in [3.63, 3.8) is 0 Å². The summed E-state index contributed by atoms with van der Waals surface area (Å²) in [5.74, 6) is -1.38. The lowest BCUT2D eigenvalue weighted by atomic mass is 9.98. The van der Waals surface area contributed by atoms with Crippen molar-refractivity contribution in [2.45, 2.75) is 44.3 Å². The normalized spacial score (nSPS) is 21.8. The van der Waals surface area contributed by atoms with Gasteiger partial charge >= 0.3 is 0 Å². The molecule has 0 amide bonds. The summed E-state index contributed by atoms with van der Waals surface area (Å²) in [5.41, 5.74) is -0.228. The number of halogens is 2. The Kier molecular flexibility index (Phi) is 4.66. The van der Waals surface area contributed by atoms with Gasteiger partial charge in [-0.05, 0) is 44.2 Å². The van der Waals surface area contributed by atoms with E-state index in [0.29, 0.717) is 12.8 Å². The van der Waals surface area contributed by atoms with E-state index in [0.717, 1.165) is 25.9 Å². The van der Waals surface area contributed by atoms with E-state index in [1.54, 1.807) is 0 Å². The van der Waals surface area contributed by atoms with E-state index in [1.807, 2.05) is 0 Å². The molecule has 2 rings (SSSR count). The zero-order valence-electron chi connectivity index (χ0n) is 10.2. The van der Waals surface area contributed by atoms with E-state index in [-0.39, 0.29) is 11.7 Å². The van der Waals surface area contributed by atoms with Crippen molar-refractivity contribution in [3.05, 3.63) is 35.4 Å². The summed E-state index contributed by atoms with van der Waals surface area (Å²) in [5, 5.41) is 9.88. The van der Waals surface area contributed by atoms with Gasteiger partial charge in [0.15, 0.2) is 0 Å². The first kappa shape index (κ1) is 13.4. The highest BCUT2D eigenvalue weighted by Gasteiger charge is 2.20. The maximum Gasteiger partial charge on any atom is 0.131 e. The number of rotatable bonds is 4. The minimum Gasteiger partial charge on any atom is -0.388 e. The van der Waals surface area contributed by atoms with E-state index in [9.17, 15) is 13.9 Å². The Balaban J connectivity index is 1.92. The Morgan fingerprint density at radius 2 is 2.00 bits per heavy atom. The second-order valence-corrected chi connectivity index (χ2v) is 4.72. The van der Waals surface area contributed by atoms with Crippen LogP contribution in [0.4, 0.5) is 8.78 Å². The predicted molar refractivity (Wildman–Crippen MR) is 64.1 cm³/mol. The van der Waals surface area contributed by atoms with Crippen molar-refractivity contribution in [1.82, 2.24) is 0 Å². The SMILES string of the molecule is OC(CCC1CCCCO1)c1c(F)cccc1F. The van der Waals surface area contributed by atoms with Gasteiger partial charge in [0.25, 0.3) is 0 Å². The Morgan fingerprint density at radius 1 is 1.28 bits per heavy atom. The summed E-state index contributed by atoms with van der Waals surface area (Å²) in [6.45, 7) is 0.745.